The number of halogens is 2. The summed E-state index contributed by atoms with van der Waals surface area (Å²) in [6.45, 7) is 6.22. The Hall–Kier alpha value is -1.79. The standard InChI is InChI=1S/C20H23F2NO3/c1-3-8-18-9-5-10-19(18,25-12-11-18)26-13(2)14-6-4-7-15-16(14)20(21,22)17(24)23-15/h3-4,6-7,13H,1,5,8-12H2,2H3,(H,23,24)/t13-,18+,19-/m1/s1. The van der Waals surface area contributed by atoms with Gasteiger partial charge in [0.05, 0.1) is 24.0 Å². The molecule has 2 aliphatic heterocycles. The molecule has 0 spiro atoms. The zero-order valence-electron chi connectivity index (χ0n) is 14.8. The van der Waals surface area contributed by atoms with Crippen molar-refractivity contribution in [2.45, 2.75) is 56.8 Å². The van der Waals surface area contributed by atoms with E-state index in [1.54, 1.807) is 19.1 Å². The minimum atomic E-state index is -3.55. The maximum Gasteiger partial charge on any atom is 0.352 e. The molecule has 1 aromatic rings. The topological polar surface area (TPSA) is 47.6 Å². The maximum absolute atomic E-state index is 14.4. The molecule has 0 bridgehead atoms. The van der Waals surface area contributed by atoms with Crippen molar-refractivity contribution in [3.05, 3.63) is 42.0 Å². The molecule has 2 heterocycles. The molecule has 1 aromatic carbocycles. The smallest absolute Gasteiger partial charge is 0.349 e. The third kappa shape index (κ3) is 2.28. The predicted molar refractivity (Wildman–Crippen MR) is 92.9 cm³/mol. The fourth-order valence-electron chi connectivity index (χ4n) is 4.95. The summed E-state index contributed by atoms with van der Waals surface area (Å²) >= 11 is 0. The van der Waals surface area contributed by atoms with Gasteiger partial charge in [-0.2, -0.15) is 8.78 Å². The predicted octanol–water partition coefficient (Wildman–Crippen LogP) is 4.67. The van der Waals surface area contributed by atoms with E-state index in [4.69, 9.17) is 9.47 Å². The van der Waals surface area contributed by atoms with Gasteiger partial charge in [-0.05, 0) is 44.2 Å². The molecule has 0 unspecified atom stereocenters. The molecule has 140 valence electrons. The largest absolute Gasteiger partial charge is 0.352 e. The summed E-state index contributed by atoms with van der Waals surface area (Å²) in [7, 11) is 0. The third-order valence-corrected chi connectivity index (χ3v) is 6.17. The Morgan fingerprint density at radius 2 is 2.19 bits per heavy atom. The second-order valence-electron chi connectivity index (χ2n) is 7.54. The van der Waals surface area contributed by atoms with Gasteiger partial charge in [-0.15, -0.1) is 6.58 Å². The van der Waals surface area contributed by atoms with Crippen molar-refractivity contribution in [2.75, 3.05) is 11.9 Å². The van der Waals surface area contributed by atoms with Crippen molar-refractivity contribution < 1.29 is 23.0 Å². The van der Waals surface area contributed by atoms with Crippen molar-refractivity contribution >= 4 is 11.6 Å². The zero-order valence-corrected chi connectivity index (χ0v) is 14.8. The van der Waals surface area contributed by atoms with Crippen molar-refractivity contribution in [1.82, 2.24) is 0 Å². The Bertz CT molecular complexity index is 751. The van der Waals surface area contributed by atoms with Gasteiger partial charge in [-0.1, -0.05) is 18.2 Å². The van der Waals surface area contributed by atoms with Gasteiger partial charge in [0.15, 0.2) is 5.79 Å². The van der Waals surface area contributed by atoms with Crippen molar-refractivity contribution in [2.24, 2.45) is 5.41 Å². The fourth-order valence-corrected chi connectivity index (χ4v) is 4.95. The number of hydrogen-bond acceptors (Lipinski definition) is 3. The lowest BCUT2D eigenvalue weighted by molar-refractivity contribution is -0.268. The van der Waals surface area contributed by atoms with Crippen molar-refractivity contribution in [1.29, 1.82) is 0 Å². The quantitative estimate of drug-likeness (QED) is 0.773. The first-order valence-corrected chi connectivity index (χ1v) is 9.11. The lowest BCUT2D eigenvalue weighted by atomic mass is 9.77. The van der Waals surface area contributed by atoms with Crippen LogP contribution in [0.15, 0.2) is 30.9 Å². The van der Waals surface area contributed by atoms with Crippen LogP contribution in [0.2, 0.25) is 0 Å². The minimum absolute atomic E-state index is 0.141. The Kier molecular flexibility index (Phi) is 3.97. The van der Waals surface area contributed by atoms with Crippen LogP contribution in [0, 0.1) is 5.41 Å². The molecule has 1 saturated heterocycles. The molecule has 0 aromatic heterocycles. The maximum atomic E-state index is 14.4. The molecule has 6 heteroatoms. The summed E-state index contributed by atoms with van der Waals surface area (Å²) in [5, 5.41) is 2.26. The number of carbonyl (C=O) groups is 1. The number of anilines is 1. The van der Waals surface area contributed by atoms with E-state index in [1.165, 1.54) is 6.07 Å². The molecule has 4 nitrogen and oxygen atoms in total. The van der Waals surface area contributed by atoms with E-state index in [2.05, 4.69) is 11.9 Å². The minimum Gasteiger partial charge on any atom is -0.349 e. The summed E-state index contributed by atoms with van der Waals surface area (Å²) in [6, 6.07) is 4.76. The third-order valence-electron chi connectivity index (χ3n) is 6.17. The number of fused-ring (bicyclic) bond motifs is 2. The molecule has 3 aliphatic rings. The van der Waals surface area contributed by atoms with Crippen LogP contribution < -0.4 is 5.32 Å². The first-order valence-electron chi connectivity index (χ1n) is 9.11. The first-order chi connectivity index (χ1) is 12.4. The van der Waals surface area contributed by atoms with Crippen LogP contribution in [-0.4, -0.2) is 18.3 Å². The van der Waals surface area contributed by atoms with E-state index in [0.717, 1.165) is 32.1 Å². The molecule has 1 N–H and O–H groups in total. The highest BCUT2D eigenvalue weighted by Gasteiger charge is 2.60. The second kappa shape index (κ2) is 5.86. The number of nitrogens with one attached hydrogen (secondary N) is 1. The number of rotatable bonds is 5. The van der Waals surface area contributed by atoms with Crippen molar-refractivity contribution in [3.63, 3.8) is 0 Å². The number of hydrogen-bond donors (Lipinski definition) is 1. The Morgan fingerprint density at radius 3 is 2.96 bits per heavy atom. The molecule has 1 saturated carbocycles. The lowest BCUT2D eigenvalue weighted by Crippen LogP contribution is -2.43. The van der Waals surface area contributed by atoms with Crippen LogP contribution in [0.1, 0.15) is 56.3 Å². The lowest BCUT2D eigenvalue weighted by Gasteiger charge is -2.40. The molecule has 0 radical (unpaired) electrons. The van der Waals surface area contributed by atoms with Crippen LogP contribution in [-0.2, 0) is 20.2 Å². The molecule has 4 rings (SSSR count). The van der Waals surface area contributed by atoms with Crippen LogP contribution >= 0.6 is 0 Å². The number of carbonyl (C=O) groups excluding carboxylic acids is 1. The van der Waals surface area contributed by atoms with Gasteiger partial charge in [-0.25, -0.2) is 0 Å². The van der Waals surface area contributed by atoms with Gasteiger partial charge >= 0.3 is 5.92 Å². The van der Waals surface area contributed by atoms with Crippen molar-refractivity contribution in [3.8, 4) is 0 Å². The summed E-state index contributed by atoms with van der Waals surface area (Å²) in [4.78, 5) is 11.7. The molecule has 1 amide bonds. The van der Waals surface area contributed by atoms with Crippen LogP contribution in [0.3, 0.4) is 0 Å². The SMILES string of the molecule is C=CC[C@@]12CCC[C@]1(O[C@H](C)c1cccc3c1C(F)(F)C(=O)N3)OCC2. The number of allylic oxidation sites excluding steroid dienone is 1. The summed E-state index contributed by atoms with van der Waals surface area (Å²) in [5.41, 5.74) is 0.0632. The number of ether oxygens (including phenoxy) is 2. The second-order valence-corrected chi connectivity index (χ2v) is 7.54. The fraction of sp³-hybridized carbons (Fsp3) is 0.550. The first kappa shape index (κ1) is 17.6. The van der Waals surface area contributed by atoms with E-state index in [9.17, 15) is 13.6 Å². The summed E-state index contributed by atoms with van der Waals surface area (Å²) in [5.74, 6) is -5.61. The van der Waals surface area contributed by atoms with E-state index < -0.39 is 23.7 Å². The van der Waals surface area contributed by atoms with Gasteiger partial charge in [0, 0.05) is 11.8 Å². The van der Waals surface area contributed by atoms with Gasteiger partial charge in [0.25, 0.3) is 5.91 Å². The highest BCUT2D eigenvalue weighted by atomic mass is 19.3. The van der Waals surface area contributed by atoms with E-state index in [-0.39, 0.29) is 16.7 Å². The van der Waals surface area contributed by atoms with Crippen LogP contribution in [0.25, 0.3) is 0 Å². The van der Waals surface area contributed by atoms with Crippen LogP contribution in [0.5, 0.6) is 0 Å². The average Bonchev–Trinajstić information content (AvgIpc) is 3.16. The number of amides is 1. The normalized spacial score (nSPS) is 32.8. The Labute approximate surface area is 151 Å². The number of benzene rings is 1. The Balaban J connectivity index is 1.69. The van der Waals surface area contributed by atoms with E-state index >= 15 is 0 Å². The van der Waals surface area contributed by atoms with Gasteiger partial charge in [0.2, 0.25) is 0 Å². The Morgan fingerprint density at radius 1 is 1.38 bits per heavy atom. The molecule has 26 heavy (non-hydrogen) atoms. The number of alkyl halides is 2. The highest BCUT2D eigenvalue weighted by Crippen LogP contribution is 2.59. The molecular weight excluding hydrogens is 340 g/mol. The summed E-state index contributed by atoms with van der Waals surface area (Å²) in [6.07, 6.45) is 5.63. The highest BCUT2D eigenvalue weighted by molar-refractivity contribution is 6.04. The molecular formula is C20H23F2NO3. The van der Waals surface area contributed by atoms with E-state index in [0.29, 0.717) is 12.2 Å². The van der Waals surface area contributed by atoms with Gasteiger partial charge in [-0.3, -0.25) is 4.79 Å². The molecule has 2 fully saturated rings. The van der Waals surface area contributed by atoms with E-state index in [1.807, 2.05) is 6.08 Å². The van der Waals surface area contributed by atoms with Gasteiger partial charge in [0.1, 0.15) is 0 Å². The monoisotopic (exact) mass is 363 g/mol. The van der Waals surface area contributed by atoms with Gasteiger partial charge < -0.3 is 14.8 Å². The molecule has 1 aliphatic carbocycles. The summed E-state index contributed by atoms with van der Waals surface area (Å²) < 4.78 is 41.3. The average molecular weight is 363 g/mol. The zero-order chi connectivity index (χ0) is 18.6. The van der Waals surface area contributed by atoms with Crippen LogP contribution in [0.4, 0.5) is 14.5 Å². The molecule has 3 atom stereocenters.